The fourth-order valence-corrected chi connectivity index (χ4v) is 4.08. The summed E-state index contributed by atoms with van der Waals surface area (Å²) in [5, 5.41) is 0.551. The lowest BCUT2D eigenvalue weighted by molar-refractivity contribution is -0.124. The van der Waals surface area contributed by atoms with Gasteiger partial charge in [-0.05, 0) is 37.8 Å². The van der Waals surface area contributed by atoms with Gasteiger partial charge in [0.1, 0.15) is 0 Å². The number of benzene rings is 1. The Bertz CT molecular complexity index is 912. The van der Waals surface area contributed by atoms with Crippen molar-refractivity contribution in [1.82, 2.24) is 5.06 Å². The number of hydrogen-bond acceptors (Lipinski definition) is 8. The first-order valence-corrected chi connectivity index (χ1v) is 11.4. The minimum absolute atomic E-state index is 0.118. The predicted octanol–water partition coefficient (Wildman–Crippen LogP) is 1.49. The minimum Gasteiger partial charge on any atom is -0.461 e. The average molecular weight is 472 g/mol. The highest BCUT2D eigenvalue weighted by atomic mass is 32.3. The van der Waals surface area contributed by atoms with Crippen molar-refractivity contribution in [3.8, 4) is 0 Å². The number of hydrogen-bond donors (Lipinski definition) is 2. The fourth-order valence-electron chi connectivity index (χ4n) is 3.18. The number of carbonyl (C=O) groups excluding carboxylic acids is 3. The third-order valence-corrected chi connectivity index (χ3v) is 5.77. The molecule has 0 atom stereocenters. The molecule has 0 bridgehead atoms. The van der Waals surface area contributed by atoms with Gasteiger partial charge in [-0.15, -0.1) is 4.28 Å². The van der Waals surface area contributed by atoms with Gasteiger partial charge in [-0.2, -0.15) is 13.5 Å². The van der Waals surface area contributed by atoms with E-state index in [0.29, 0.717) is 36.3 Å². The molecule has 4 N–H and O–H groups in total. The molecule has 1 aromatic carbocycles. The Morgan fingerprint density at radius 2 is 1.62 bits per heavy atom. The zero-order chi connectivity index (χ0) is 23.9. The summed E-state index contributed by atoms with van der Waals surface area (Å²) in [5.41, 5.74) is 10.1. The highest BCUT2D eigenvalue weighted by Gasteiger charge is 2.35. The monoisotopic (exact) mass is 471 g/mol. The molecule has 0 heterocycles. The van der Waals surface area contributed by atoms with Crippen molar-refractivity contribution in [1.29, 1.82) is 0 Å². The Hall–Kier alpha value is -2.70. The van der Waals surface area contributed by atoms with Gasteiger partial charge in [-0.25, -0.2) is 13.8 Å². The van der Waals surface area contributed by atoms with Crippen LogP contribution in [0.1, 0.15) is 49.9 Å². The smallest absolute Gasteiger partial charge is 0.421 e. The molecule has 0 saturated heterocycles. The van der Waals surface area contributed by atoms with Crippen LogP contribution < -0.4 is 11.5 Å². The second-order valence-corrected chi connectivity index (χ2v) is 9.62. The van der Waals surface area contributed by atoms with E-state index in [1.165, 1.54) is 0 Å². The number of carbonyl (C=O) groups is 3. The first kappa shape index (κ1) is 25.6. The lowest BCUT2D eigenvalue weighted by atomic mass is 9.85. The molecule has 3 amide bonds. The van der Waals surface area contributed by atoms with Gasteiger partial charge in [0, 0.05) is 11.3 Å². The van der Waals surface area contributed by atoms with E-state index in [2.05, 4.69) is 0 Å². The number of amides is 3. The van der Waals surface area contributed by atoms with Crippen molar-refractivity contribution < 1.29 is 36.0 Å². The summed E-state index contributed by atoms with van der Waals surface area (Å²) >= 11 is 0. The average Bonchev–Trinajstić information content (AvgIpc) is 2.75. The molecule has 1 aromatic rings. The number of ether oxygens (including phenoxy) is 1. The van der Waals surface area contributed by atoms with E-state index < -0.39 is 39.8 Å². The third kappa shape index (κ3) is 7.77. The summed E-state index contributed by atoms with van der Waals surface area (Å²) in [5.74, 6) is -1.33. The van der Waals surface area contributed by atoms with E-state index in [9.17, 15) is 22.8 Å². The maximum Gasteiger partial charge on any atom is 0.421 e. The molecular weight excluding hydrogens is 442 g/mol. The summed E-state index contributed by atoms with van der Waals surface area (Å²) in [6.45, 7) is 2.78. The van der Waals surface area contributed by atoms with Crippen LogP contribution in [0.25, 0.3) is 0 Å². The molecule has 0 spiro atoms. The van der Waals surface area contributed by atoms with Crippen LogP contribution in [-0.2, 0) is 28.4 Å². The Balaban J connectivity index is 1.89. The van der Waals surface area contributed by atoms with E-state index in [0.717, 1.165) is 0 Å². The van der Waals surface area contributed by atoms with E-state index in [1.807, 2.05) is 0 Å². The lowest BCUT2D eigenvalue weighted by Crippen LogP contribution is -2.47. The topological polar surface area (TPSA) is 168 Å². The second kappa shape index (κ2) is 10.7. The molecule has 1 fully saturated rings. The zero-order valence-electron chi connectivity index (χ0n) is 18.1. The quantitative estimate of drug-likeness (QED) is 0.382. The second-order valence-electron chi connectivity index (χ2n) is 8.42. The van der Waals surface area contributed by atoms with Crippen LogP contribution in [0.3, 0.4) is 0 Å². The molecule has 0 radical (unpaired) electrons. The SMILES string of the molecule is CC(C)(COC(=O)c1ccccc1)COS(=O)(=O)ON(C(N)=O)C1CCC(C(N)=O)CC1. The number of nitrogens with two attached hydrogens (primary N) is 2. The molecule has 178 valence electrons. The van der Waals surface area contributed by atoms with Gasteiger partial charge in [0.05, 0.1) is 24.8 Å². The van der Waals surface area contributed by atoms with Crippen molar-refractivity contribution in [2.24, 2.45) is 22.8 Å². The van der Waals surface area contributed by atoms with Gasteiger partial charge in [0.15, 0.2) is 0 Å². The Kier molecular flexibility index (Phi) is 8.58. The van der Waals surface area contributed by atoms with Crippen LogP contribution in [0.5, 0.6) is 0 Å². The third-order valence-electron chi connectivity index (χ3n) is 5.02. The van der Waals surface area contributed by atoms with Crippen LogP contribution in [0, 0.1) is 11.3 Å². The molecule has 0 aliphatic heterocycles. The standard InChI is InChI=1S/C20H29N3O8S/c1-20(2,12-29-18(25)15-6-4-3-5-7-15)13-30-32(27,28)31-23(19(22)26)16-10-8-14(9-11-16)17(21)24/h3-7,14,16H,8-13H2,1-2H3,(H2,21,24)(H2,22,26). The summed E-state index contributed by atoms with van der Waals surface area (Å²) in [4.78, 5) is 35.1. The van der Waals surface area contributed by atoms with E-state index >= 15 is 0 Å². The number of esters is 1. The van der Waals surface area contributed by atoms with Gasteiger partial charge in [0.25, 0.3) is 0 Å². The van der Waals surface area contributed by atoms with E-state index in [1.54, 1.807) is 44.2 Å². The highest BCUT2D eigenvalue weighted by Crippen LogP contribution is 2.28. The maximum atomic E-state index is 12.3. The largest absolute Gasteiger partial charge is 0.461 e. The number of urea groups is 1. The molecule has 1 aliphatic rings. The van der Waals surface area contributed by atoms with Crippen molar-refractivity contribution in [3.63, 3.8) is 0 Å². The first-order valence-electron chi connectivity index (χ1n) is 10.1. The van der Waals surface area contributed by atoms with E-state index in [4.69, 9.17) is 24.7 Å². The number of rotatable bonds is 10. The number of hydroxylamine groups is 2. The van der Waals surface area contributed by atoms with Crippen LogP contribution in [0.4, 0.5) is 4.79 Å². The minimum atomic E-state index is -4.64. The van der Waals surface area contributed by atoms with Gasteiger partial charge in [0.2, 0.25) is 5.91 Å². The fraction of sp³-hybridized carbons (Fsp3) is 0.550. The van der Waals surface area contributed by atoms with Crippen molar-refractivity contribution in [2.75, 3.05) is 13.2 Å². The molecule has 12 heteroatoms. The highest BCUT2D eigenvalue weighted by molar-refractivity contribution is 7.81. The van der Waals surface area contributed by atoms with Crippen LogP contribution >= 0.6 is 0 Å². The van der Waals surface area contributed by atoms with Crippen molar-refractivity contribution >= 4 is 28.3 Å². The number of nitrogens with zero attached hydrogens (tertiary/aromatic N) is 1. The molecule has 1 aliphatic carbocycles. The molecule has 32 heavy (non-hydrogen) atoms. The molecule has 0 aromatic heterocycles. The normalized spacial score (nSPS) is 19.2. The van der Waals surface area contributed by atoms with Crippen LogP contribution in [0.15, 0.2) is 30.3 Å². The predicted molar refractivity (Wildman–Crippen MR) is 113 cm³/mol. The van der Waals surface area contributed by atoms with Crippen LogP contribution in [0.2, 0.25) is 0 Å². The lowest BCUT2D eigenvalue weighted by Gasteiger charge is -2.33. The zero-order valence-corrected chi connectivity index (χ0v) is 18.9. The van der Waals surface area contributed by atoms with Crippen molar-refractivity contribution in [2.45, 2.75) is 45.6 Å². The molecule has 2 rings (SSSR count). The summed E-state index contributed by atoms with van der Waals surface area (Å²) < 4.78 is 39.5. The summed E-state index contributed by atoms with van der Waals surface area (Å²) in [7, 11) is -4.64. The summed E-state index contributed by atoms with van der Waals surface area (Å²) in [6.07, 6.45) is 1.36. The van der Waals surface area contributed by atoms with Gasteiger partial charge in [-0.3, -0.25) is 4.79 Å². The van der Waals surface area contributed by atoms with Gasteiger partial charge in [-0.1, -0.05) is 32.0 Å². The Morgan fingerprint density at radius 1 is 1.03 bits per heavy atom. The molecule has 1 saturated carbocycles. The Morgan fingerprint density at radius 3 is 2.16 bits per heavy atom. The van der Waals surface area contributed by atoms with E-state index in [-0.39, 0.29) is 19.1 Å². The summed E-state index contributed by atoms with van der Waals surface area (Å²) in [6, 6.07) is 6.60. The molecule has 0 unspecified atom stereocenters. The molecule has 11 nitrogen and oxygen atoms in total. The van der Waals surface area contributed by atoms with Gasteiger partial charge < -0.3 is 16.2 Å². The van der Waals surface area contributed by atoms with Gasteiger partial charge >= 0.3 is 22.4 Å². The first-order chi connectivity index (χ1) is 14.9. The Labute approximate surface area is 187 Å². The number of primary amides is 2. The maximum absolute atomic E-state index is 12.3. The molecular formula is C20H29N3O8S. The van der Waals surface area contributed by atoms with Crippen LogP contribution in [-0.4, -0.2) is 50.6 Å². The van der Waals surface area contributed by atoms with Crippen molar-refractivity contribution in [3.05, 3.63) is 35.9 Å².